The molecule has 0 spiro atoms. The first kappa shape index (κ1) is 38.6. The Hall–Kier alpha value is -6.62. The number of anilines is 5. The van der Waals surface area contributed by atoms with Crippen molar-refractivity contribution in [3.05, 3.63) is 88.4 Å². The van der Waals surface area contributed by atoms with Crippen LogP contribution in [0.1, 0.15) is 68.8 Å². The van der Waals surface area contributed by atoms with Crippen LogP contribution >= 0.6 is 0 Å². The van der Waals surface area contributed by atoms with Crippen molar-refractivity contribution >= 4 is 58.2 Å². The first-order valence-corrected chi connectivity index (χ1v) is 21.1. The summed E-state index contributed by atoms with van der Waals surface area (Å²) in [4.78, 5) is 88.1. The van der Waals surface area contributed by atoms with E-state index in [0.29, 0.717) is 44.1 Å². The van der Waals surface area contributed by atoms with Crippen molar-refractivity contribution in [2.75, 3.05) is 79.4 Å². The summed E-state index contributed by atoms with van der Waals surface area (Å²) in [7, 11) is 0. The highest BCUT2D eigenvalue weighted by atomic mass is 16.5. The number of aromatic nitrogens is 3. The zero-order chi connectivity index (χ0) is 41.9. The van der Waals surface area contributed by atoms with Gasteiger partial charge in [-0.1, -0.05) is 12.1 Å². The molecule has 314 valence electrons. The summed E-state index contributed by atoms with van der Waals surface area (Å²) in [5.74, 6) is -1.05. The molecule has 61 heavy (non-hydrogen) atoms. The number of piperazine rings is 1. The Morgan fingerprint density at radius 2 is 1.69 bits per heavy atom. The predicted octanol–water partition coefficient (Wildman–Crippen LogP) is 2.83. The van der Waals surface area contributed by atoms with Crippen molar-refractivity contribution in [3.63, 3.8) is 0 Å². The fourth-order valence-corrected chi connectivity index (χ4v) is 9.36. The molecule has 10 rings (SSSR count). The molecule has 0 aliphatic carbocycles. The van der Waals surface area contributed by atoms with Gasteiger partial charge >= 0.3 is 0 Å². The van der Waals surface area contributed by atoms with Gasteiger partial charge in [0.25, 0.3) is 11.8 Å². The number of nitrogens with one attached hydrogen (secondary N) is 3. The largest absolute Gasteiger partial charge is 0.474 e. The highest BCUT2D eigenvalue weighted by Gasteiger charge is 2.45. The van der Waals surface area contributed by atoms with Crippen LogP contribution in [0.5, 0.6) is 5.88 Å². The molecular formula is C44H47N11O6. The molecule has 2 aromatic carbocycles. The molecule has 1 unspecified atom stereocenters. The molecule has 0 bridgehead atoms. The summed E-state index contributed by atoms with van der Waals surface area (Å²) in [6.07, 6.45) is 4.84. The number of fused-ring (bicyclic) bond motifs is 3. The second-order valence-electron chi connectivity index (χ2n) is 16.6. The summed E-state index contributed by atoms with van der Waals surface area (Å²) in [6, 6.07) is 12.5. The first-order valence-electron chi connectivity index (χ1n) is 21.1. The number of amides is 5. The lowest BCUT2D eigenvalue weighted by Gasteiger charge is -2.49. The van der Waals surface area contributed by atoms with Crippen molar-refractivity contribution < 1.29 is 28.7 Å². The molecule has 2 aromatic heterocycles. The van der Waals surface area contributed by atoms with E-state index in [1.807, 2.05) is 54.5 Å². The first-order chi connectivity index (χ1) is 29.6. The van der Waals surface area contributed by atoms with Gasteiger partial charge in [-0.2, -0.15) is 0 Å². The Balaban J connectivity index is 0.703. The van der Waals surface area contributed by atoms with Gasteiger partial charge in [-0.25, -0.2) is 15.0 Å². The Bertz CT molecular complexity index is 2460. The van der Waals surface area contributed by atoms with E-state index < -0.39 is 29.7 Å². The van der Waals surface area contributed by atoms with Crippen molar-refractivity contribution in [1.29, 1.82) is 0 Å². The van der Waals surface area contributed by atoms with E-state index in [-0.39, 0.29) is 35.8 Å². The Morgan fingerprint density at radius 1 is 0.902 bits per heavy atom. The topological polar surface area (TPSA) is 186 Å². The molecule has 3 N–H and O–H groups in total. The minimum Gasteiger partial charge on any atom is -0.474 e. The van der Waals surface area contributed by atoms with Gasteiger partial charge in [-0.05, 0) is 68.1 Å². The number of pyridine rings is 1. The molecule has 0 radical (unpaired) electrons. The monoisotopic (exact) mass is 825 g/mol. The molecule has 17 heteroatoms. The lowest BCUT2D eigenvalue weighted by atomic mass is 9.98. The van der Waals surface area contributed by atoms with Gasteiger partial charge in [0.1, 0.15) is 18.3 Å². The summed E-state index contributed by atoms with van der Waals surface area (Å²) >= 11 is 0. The third kappa shape index (κ3) is 7.05. The van der Waals surface area contributed by atoms with Crippen LogP contribution in [0.15, 0.2) is 54.9 Å². The minimum atomic E-state index is -0.988. The Labute approximate surface area is 352 Å². The number of carbonyl (C=O) groups is 5. The van der Waals surface area contributed by atoms with Gasteiger partial charge in [0, 0.05) is 88.0 Å². The summed E-state index contributed by atoms with van der Waals surface area (Å²) in [5, 5.41) is 9.02. The molecular weight excluding hydrogens is 779 g/mol. The highest BCUT2D eigenvalue weighted by Crippen LogP contribution is 2.37. The zero-order valence-corrected chi connectivity index (χ0v) is 34.1. The van der Waals surface area contributed by atoms with Crippen LogP contribution in [0.25, 0.3) is 0 Å². The number of nitrogens with zero attached hydrogens (tertiary/aromatic N) is 8. The lowest BCUT2D eigenvalue weighted by molar-refractivity contribution is -0.136. The molecule has 17 nitrogen and oxygen atoms in total. The van der Waals surface area contributed by atoms with Crippen LogP contribution in [0.3, 0.4) is 0 Å². The van der Waals surface area contributed by atoms with E-state index in [1.54, 1.807) is 12.1 Å². The van der Waals surface area contributed by atoms with Crippen molar-refractivity contribution in [2.24, 2.45) is 0 Å². The van der Waals surface area contributed by atoms with E-state index >= 15 is 0 Å². The van der Waals surface area contributed by atoms with Crippen molar-refractivity contribution in [2.45, 2.75) is 57.7 Å². The third-order valence-electron chi connectivity index (χ3n) is 13.0. The Morgan fingerprint density at radius 3 is 2.48 bits per heavy atom. The van der Waals surface area contributed by atoms with Gasteiger partial charge in [0.05, 0.1) is 41.2 Å². The van der Waals surface area contributed by atoms with E-state index in [2.05, 4.69) is 47.5 Å². The van der Waals surface area contributed by atoms with Gasteiger partial charge in [-0.15, -0.1) is 0 Å². The SMILES string of the molecule is Cc1c(N2CCc3cnc(Nc4ccc([C@H](C)C(=O)N5CCN(C6CN(c7ccc8c(c7)C(=O)N(C7CCC(=O)NC7=O)C8=O)C6)CC5)cc4)nc3C2)cnc2c1NCCO2. The smallest absolute Gasteiger partial charge is 0.262 e. The second-order valence-corrected chi connectivity index (χ2v) is 16.6. The predicted molar refractivity (Wildman–Crippen MR) is 225 cm³/mol. The van der Waals surface area contributed by atoms with E-state index in [4.69, 9.17) is 9.72 Å². The quantitative estimate of drug-likeness (QED) is 0.220. The molecule has 0 saturated carbocycles. The number of ether oxygens (including phenoxy) is 1. The fraction of sp³-hybridized carbons (Fsp3) is 0.409. The molecule has 2 atom stereocenters. The van der Waals surface area contributed by atoms with Crippen LogP contribution < -0.4 is 30.5 Å². The highest BCUT2D eigenvalue weighted by molar-refractivity contribution is 6.23. The number of rotatable bonds is 8. The van der Waals surface area contributed by atoms with Gasteiger partial charge < -0.3 is 30.1 Å². The maximum absolute atomic E-state index is 13.7. The average molecular weight is 826 g/mol. The molecule has 3 saturated heterocycles. The van der Waals surface area contributed by atoms with Crippen LogP contribution in [0.2, 0.25) is 0 Å². The number of benzene rings is 2. The maximum Gasteiger partial charge on any atom is 0.262 e. The van der Waals surface area contributed by atoms with Gasteiger partial charge in [-0.3, -0.25) is 39.1 Å². The van der Waals surface area contributed by atoms with Gasteiger partial charge in [0.15, 0.2) is 0 Å². The van der Waals surface area contributed by atoms with Crippen LogP contribution in [-0.2, 0) is 27.3 Å². The number of carbonyl (C=O) groups excluding carboxylic acids is 5. The molecule has 6 aliphatic rings. The second kappa shape index (κ2) is 15.4. The third-order valence-corrected chi connectivity index (χ3v) is 13.0. The van der Waals surface area contributed by atoms with E-state index in [0.717, 1.165) is 95.7 Å². The average Bonchev–Trinajstić information content (AvgIpc) is 3.50. The number of imide groups is 2. The Kier molecular flexibility index (Phi) is 9.77. The molecule has 8 heterocycles. The van der Waals surface area contributed by atoms with Crippen LogP contribution in [0, 0.1) is 6.92 Å². The minimum absolute atomic E-state index is 0.0805. The van der Waals surface area contributed by atoms with Crippen LogP contribution in [0.4, 0.5) is 28.7 Å². The number of hydrogen-bond acceptors (Lipinski definition) is 14. The molecule has 6 aliphatic heterocycles. The fourth-order valence-electron chi connectivity index (χ4n) is 9.36. The normalized spacial score (nSPS) is 20.9. The molecule has 3 fully saturated rings. The zero-order valence-electron chi connectivity index (χ0n) is 34.1. The summed E-state index contributed by atoms with van der Waals surface area (Å²) < 4.78 is 5.73. The maximum atomic E-state index is 13.7. The molecule has 5 amide bonds. The number of piperidine rings is 1. The summed E-state index contributed by atoms with van der Waals surface area (Å²) in [6.45, 7) is 11.3. The van der Waals surface area contributed by atoms with Crippen molar-refractivity contribution in [3.8, 4) is 5.88 Å². The summed E-state index contributed by atoms with van der Waals surface area (Å²) in [5.41, 5.74) is 8.45. The van der Waals surface area contributed by atoms with E-state index in [9.17, 15) is 24.0 Å². The van der Waals surface area contributed by atoms with E-state index in [1.165, 1.54) is 0 Å². The molecule has 4 aromatic rings. The van der Waals surface area contributed by atoms with Crippen molar-refractivity contribution in [1.82, 2.24) is 35.0 Å². The van der Waals surface area contributed by atoms with Gasteiger partial charge in [0.2, 0.25) is 29.5 Å². The standard InChI is InChI=1S/C44H47N11O6/c1-25(27-3-5-29(6-4-27)48-44-47-20-28-11-13-53(24-34(28)49-44)36-21-46-40-38(26(36)2)45-12-18-61-40)41(58)52-16-14-51(15-17-52)31-22-54(23-31)30-7-8-32-33(19-30)43(60)55(42(32)59)35-9-10-37(56)50-39(35)57/h3-8,19-21,25,31,35,45H,9-18,22-24H2,1-2H3,(H,47,48,49)(H,50,56,57)/t25-,35?/m0/s1. The van der Waals surface area contributed by atoms with Crippen LogP contribution in [-0.4, -0.2) is 130 Å². The number of hydrogen-bond donors (Lipinski definition) is 3. The lowest BCUT2D eigenvalue weighted by Crippen LogP contribution is -2.63.